The average Bonchev–Trinajstić information content (AvgIpc) is 3.23. The quantitative estimate of drug-likeness (QED) is 0.445. The van der Waals surface area contributed by atoms with Gasteiger partial charge < -0.3 is 4.74 Å². The van der Waals surface area contributed by atoms with Crippen molar-refractivity contribution in [1.82, 2.24) is 4.31 Å². The largest absolute Gasteiger partial charge is 0.490 e. The molecule has 4 rings (SSSR count). The van der Waals surface area contributed by atoms with E-state index in [0.29, 0.717) is 17.9 Å². The van der Waals surface area contributed by atoms with Gasteiger partial charge in [-0.2, -0.15) is 4.31 Å². The molecule has 0 aromatic heterocycles. The van der Waals surface area contributed by atoms with Crippen LogP contribution in [-0.4, -0.2) is 37.1 Å². The number of methoxy groups -OCH3 is 1. The molecule has 0 amide bonds. The van der Waals surface area contributed by atoms with Gasteiger partial charge in [-0.15, -0.1) is 11.8 Å². The van der Waals surface area contributed by atoms with E-state index in [1.807, 2.05) is 24.3 Å². The van der Waals surface area contributed by atoms with Crippen LogP contribution in [0.4, 0.5) is 5.69 Å². The number of hydrogen-bond acceptors (Lipinski definition) is 6. The molecule has 0 spiro atoms. The molecule has 1 fully saturated rings. The summed E-state index contributed by atoms with van der Waals surface area (Å²) in [6.45, 7) is 0.338. The van der Waals surface area contributed by atoms with E-state index in [1.165, 1.54) is 35.3 Å². The van der Waals surface area contributed by atoms with Crippen LogP contribution in [0.2, 0.25) is 0 Å². The summed E-state index contributed by atoms with van der Waals surface area (Å²) in [4.78, 5) is 11.0. The number of benzene rings is 3. The molecule has 1 aliphatic heterocycles. The van der Waals surface area contributed by atoms with Gasteiger partial charge in [0, 0.05) is 18.4 Å². The Kier molecular flexibility index (Phi) is 5.20. The van der Waals surface area contributed by atoms with Crippen molar-refractivity contribution in [2.75, 3.05) is 19.4 Å². The lowest BCUT2D eigenvalue weighted by Gasteiger charge is -2.24. The summed E-state index contributed by atoms with van der Waals surface area (Å²) in [5.41, 5.74) is 0.380. The van der Waals surface area contributed by atoms with Crippen molar-refractivity contribution in [3.63, 3.8) is 0 Å². The SMILES string of the molecule is COc1ccc(C2SCCN2S(=O)(=O)c2ccc3ccccc3c2)cc1[N+](=O)[O-]. The van der Waals surface area contributed by atoms with Crippen LogP contribution in [0.15, 0.2) is 65.6 Å². The third-order valence-electron chi connectivity index (χ3n) is 4.86. The molecule has 29 heavy (non-hydrogen) atoms. The number of ether oxygens (including phenoxy) is 1. The fraction of sp³-hybridized carbons (Fsp3) is 0.200. The van der Waals surface area contributed by atoms with E-state index in [9.17, 15) is 18.5 Å². The van der Waals surface area contributed by atoms with E-state index in [-0.39, 0.29) is 16.3 Å². The predicted octanol–water partition coefficient (Wildman–Crippen LogP) is 4.19. The zero-order valence-electron chi connectivity index (χ0n) is 15.5. The van der Waals surface area contributed by atoms with Crippen molar-refractivity contribution in [2.24, 2.45) is 0 Å². The normalized spacial score (nSPS) is 17.5. The lowest BCUT2D eigenvalue weighted by atomic mass is 10.1. The summed E-state index contributed by atoms with van der Waals surface area (Å²) in [6, 6.07) is 17.2. The highest BCUT2D eigenvalue weighted by Crippen LogP contribution is 2.43. The molecule has 1 heterocycles. The second-order valence-corrected chi connectivity index (χ2v) is 9.61. The lowest BCUT2D eigenvalue weighted by molar-refractivity contribution is -0.385. The van der Waals surface area contributed by atoms with Crippen LogP contribution in [0.25, 0.3) is 10.8 Å². The number of nitro groups is 1. The minimum Gasteiger partial charge on any atom is -0.490 e. The van der Waals surface area contributed by atoms with E-state index in [4.69, 9.17) is 4.74 Å². The second-order valence-electron chi connectivity index (χ2n) is 6.54. The molecule has 3 aromatic rings. The Balaban J connectivity index is 1.74. The molecule has 1 aliphatic rings. The Hall–Kier alpha value is -2.62. The Morgan fingerprint density at radius 2 is 1.86 bits per heavy atom. The first-order chi connectivity index (χ1) is 13.9. The van der Waals surface area contributed by atoms with Gasteiger partial charge in [0.15, 0.2) is 5.75 Å². The molecular formula is C20H18N2O5S2. The lowest BCUT2D eigenvalue weighted by Crippen LogP contribution is -2.30. The Morgan fingerprint density at radius 1 is 1.10 bits per heavy atom. The number of sulfonamides is 1. The van der Waals surface area contributed by atoms with E-state index < -0.39 is 20.3 Å². The monoisotopic (exact) mass is 430 g/mol. The standard InChI is InChI=1S/C20H18N2O5S2/c1-27-19-9-7-16(13-18(19)22(23)24)20-21(10-11-28-20)29(25,26)17-8-6-14-4-2-3-5-15(14)12-17/h2-9,12-13,20H,10-11H2,1H3. The van der Waals surface area contributed by atoms with Gasteiger partial charge in [-0.25, -0.2) is 8.42 Å². The van der Waals surface area contributed by atoms with Crippen LogP contribution in [0.3, 0.4) is 0 Å². The van der Waals surface area contributed by atoms with Crippen molar-refractivity contribution in [3.05, 3.63) is 76.3 Å². The fourth-order valence-electron chi connectivity index (χ4n) is 3.43. The van der Waals surface area contributed by atoms with Crippen LogP contribution >= 0.6 is 11.8 Å². The minimum absolute atomic E-state index is 0.144. The van der Waals surface area contributed by atoms with Crippen LogP contribution in [0, 0.1) is 10.1 Å². The number of nitrogens with zero attached hydrogens (tertiary/aromatic N) is 2. The molecule has 9 heteroatoms. The summed E-state index contributed by atoms with van der Waals surface area (Å²) >= 11 is 1.45. The van der Waals surface area contributed by atoms with E-state index >= 15 is 0 Å². The van der Waals surface area contributed by atoms with E-state index in [1.54, 1.807) is 24.3 Å². The summed E-state index contributed by atoms with van der Waals surface area (Å²) in [5.74, 6) is 0.753. The fourth-order valence-corrected chi connectivity index (χ4v) is 6.70. The van der Waals surface area contributed by atoms with Crippen LogP contribution in [-0.2, 0) is 10.0 Å². The number of fused-ring (bicyclic) bond motifs is 1. The average molecular weight is 431 g/mol. The molecule has 1 atom stereocenters. The highest BCUT2D eigenvalue weighted by atomic mass is 32.2. The van der Waals surface area contributed by atoms with Crippen molar-refractivity contribution < 1.29 is 18.1 Å². The summed E-state index contributed by atoms with van der Waals surface area (Å²) in [5, 5.41) is 12.6. The molecule has 3 aromatic carbocycles. The van der Waals surface area contributed by atoms with Crippen molar-refractivity contribution >= 4 is 38.2 Å². The van der Waals surface area contributed by atoms with Crippen molar-refractivity contribution in [1.29, 1.82) is 0 Å². The van der Waals surface area contributed by atoms with Gasteiger partial charge in [-0.1, -0.05) is 36.4 Å². The Bertz CT molecular complexity index is 1200. The van der Waals surface area contributed by atoms with Gasteiger partial charge in [0.1, 0.15) is 0 Å². The first-order valence-corrected chi connectivity index (χ1v) is 11.4. The molecule has 0 bridgehead atoms. The highest BCUT2D eigenvalue weighted by Gasteiger charge is 2.37. The number of thioether (sulfide) groups is 1. The molecule has 0 aliphatic carbocycles. The third-order valence-corrected chi connectivity index (χ3v) is 8.12. The van der Waals surface area contributed by atoms with Gasteiger partial charge >= 0.3 is 5.69 Å². The van der Waals surface area contributed by atoms with Gasteiger partial charge in [0.05, 0.1) is 22.3 Å². The molecule has 0 radical (unpaired) electrons. The maximum atomic E-state index is 13.4. The zero-order valence-corrected chi connectivity index (χ0v) is 17.2. The van der Waals surface area contributed by atoms with Gasteiger partial charge in [-0.05, 0) is 34.5 Å². The smallest absolute Gasteiger partial charge is 0.311 e. The van der Waals surface area contributed by atoms with Crippen LogP contribution < -0.4 is 4.74 Å². The zero-order chi connectivity index (χ0) is 20.6. The van der Waals surface area contributed by atoms with Crippen molar-refractivity contribution in [2.45, 2.75) is 10.3 Å². The minimum atomic E-state index is -3.76. The molecule has 1 unspecified atom stereocenters. The number of nitro benzene ring substituents is 1. The predicted molar refractivity (Wildman–Crippen MR) is 113 cm³/mol. The highest BCUT2D eigenvalue weighted by molar-refractivity contribution is 8.01. The summed E-state index contributed by atoms with van der Waals surface area (Å²) < 4.78 is 33.2. The van der Waals surface area contributed by atoms with Crippen molar-refractivity contribution in [3.8, 4) is 5.75 Å². The van der Waals surface area contributed by atoms with Crippen LogP contribution in [0.5, 0.6) is 5.75 Å². The number of rotatable bonds is 5. The first-order valence-electron chi connectivity index (χ1n) is 8.86. The Morgan fingerprint density at radius 3 is 2.59 bits per heavy atom. The second kappa shape index (κ2) is 7.66. The maximum Gasteiger partial charge on any atom is 0.311 e. The molecule has 0 N–H and O–H groups in total. The van der Waals surface area contributed by atoms with Gasteiger partial charge in [0.2, 0.25) is 10.0 Å². The molecule has 1 saturated heterocycles. The summed E-state index contributed by atoms with van der Waals surface area (Å²) in [7, 11) is -2.40. The van der Waals surface area contributed by atoms with E-state index in [2.05, 4.69) is 0 Å². The Labute approximate surface area is 172 Å². The topological polar surface area (TPSA) is 89.8 Å². The molecule has 150 valence electrons. The first kappa shape index (κ1) is 19.7. The van der Waals surface area contributed by atoms with Gasteiger partial charge in [0.25, 0.3) is 0 Å². The van der Waals surface area contributed by atoms with E-state index in [0.717, 1.165) is 10.8 Å². The molecule has 0 saturated carbocycles. The van der Waals surface area contributed by atoms with Gasteiger partial charge in [-0.3, -0.25) is 10.1 Å². The summed E-state index contributed by atoms with van der Waals surface area (Å²) in [6.07, 6.45) is 0. The number of hydrogen-bond donors (Lipinski definition) is 0. The van der Waals surface area contributed by atoms with Crippen LogP contribution in [0.1, 0.15) is 10.9 Å². The molecular weight excluding hydrogens is 412 g/mol. The molecule has 7 nitrogen and oxygen atoms in total. The maximum absolute atomic E-state index is 13.4. The third kappa shape index (κ3) is 3.57.